The normalized spacial score (nSPS) is 42.2. The van der Waals surface area contributed by atoms with Gasteiger partial charge in [0.25, 0.3) is 0 Å². The van der Waals surface area contributed by atoms with Gasteiger partial charge in [0.1, 0.15) is 5.78 Å². The molecule has 2 aliphatic rings. The third-order valence-corrected chi connectivity index (χ3v) is 4.13. The molecule has 90 valence electrons. The van der Waals surface area contributed by atoms with Crippen molar-refractivity contribution in [2.75, 3.05) is 7.11 Å². The number of aliphatic hydroxyl groups is 1. The van der Waals surface area contributed by atoms with Crippen LogP contribution in [0.15, 0.2) is 0 Å². The molecule has 2 aliphatic carbocycles. The van der Waals surface area contributed by atoms with Gasteiger partial charge in [0.15, 0.2) is 0 Å². The van der Waals surface area contributed by atoms with Gasteiger partial charge in [-0.25, -0.2) is 0 Å². The van der Waals surface area contributed by atoms with Crippen LogP contribution in [0.3, 0.4) is 0 Å². The quantitative estimate of drug-likeness (QED) is 0.715. The smallest absolute Gasteiger partial charge is 0.306 e. The molecule has 0 aromatic heterocycles. The second-order valence-corrected chi connectivity index (χ2v) is 5.57. The van der Waals surface area contributed by atoms with Gasteiger partial charge in [-0.2, -0.15) is 0 Å². The molecule has 2 saturated carbocycles. The molecule has 0 heterocycles. The van der Waals surface area contributed by atoms with Crippen LogP contribution in [0, 0.1) is 11.3 Å². The fraction of sp³-hybridized carbons (Fsp3) is 0.833. The van der Waals surface area contributed by atoms with Gasteiger partial charge in [-0.3, -0.25) is 9.59 Å². The Morgan fingerprint density at radius 2 is 2.25 bits per heavy atom. The molecule has 0 saturated heterocycles. The zero-order valence-electron chi connectivity index (χ0n) is 9.78. The van der Waals surface area contributed by atoms with E-state index in [4.69, 9.17) is 0 Å². The Morgan fingerprint density at radius 1 is 1.56 bits per heavy atom. The lowest BCUT2D eigenvalue weighted by Gasteiger charge is -2.38. The number of carbonyl (C=O) groups is 2. The number of fused-ring (bicyclic) bond motifs is 2. The molecule has 16 heavy (non-hydrogen) atoms. The molecule has 0 unspecified atom stereocenters. The summed E-state index contributed by atoms with van der Waals surface area (Å²) in [6, 6.07) is 0. The summed E-state index contributed by atoms with van der Waals surface area (Å²) < 4.78 is 4.58. The lowest BCUT2D eigenvalue weighted by atomic mass is 9.68. The highest BCUT2D eigenvalue weighted by Crippen LogP contribution is 2.55. The Balaban J connectivity index is 2.19. The van der Waals surface area contributed by atoms with Crippen molar-refractivity contribution in [1.29, 1.82) is 0 Å². The number of Topliss-reactive ketones (excluding diaryl/α,β-unsaturated/α-hetero) is 1. The van der Waals surface area contributed by atoms with E-state index in [1.165, 1.54) is 7.11 Å². The lowest BCUT2D eigenvalue weighted by molar-refractivity contribution is -0.153. The van der Waals surface area contributed by atoms with Crippen molar-refractivity contribution >= 4 is 11.8 Å². The van der Waals surface area contributed by atoms with Gasteiger partial charge in [-0.1, -0.05) is 6.92 Å². The van der Waals surface area contributed by atoms with Crippen LogP contribution in [0.1, 0.15) is 39.0 Å². The first-order valence-electron chi connectivity index (χ1n) is 5.70. The van der Waals surface area contributed by atoms with Crippen molar-refractivity contribution in [3.05, 3.63) is 0 Å². The maximum Gasteiger partial charge on any atom is 0.306 e. The van der Waals surface area contributed by atoms with Crippen LogP contribution < -0.4 is 0 Å². The maximum absolute atomic E-state index is 11.9. The van der Waals surface area contributed by atoms with Crippen LogP contribution in [0.4, 0.5) is 0 Å². The van der Waals surface area contributed by atoms with E-state index < -0.39 is 17.5 Å². The summed E-state index contributed by atoms with van der Waals surface area (Å²) in [7, 11) is 1.30. The van der Waals surface area contributed by atoms with E-state index >= 15 is 0 Å². The van der Waals surface area contributed by atoms with E-state index in [1.807, 2.05) is 6.92 Å². The topological polar surface area (TPSA) is 63.6 Å². The van der Waals surface area contributed by atoms with E-state index in [2.05, 4.69) is 4.74 Å². The molecule has 2 bridgehead atoms. The fourth-order valence-corrected chi connectivity index (χ4v) is 3.28. The average Bonchev–Trinajstić information content (AvgIpc) is 2.46. The Bertz CT molecular complexity index is 338. The predicted molar refractivity (Wildman–Crippen MR) is 56.7 cm³/mol. The van der Waals surface area contributed by atoms with Gasteiger partial charge in [0.05, 0.1) is 25.0 Å². The van der Waals surface area contributed by atoms with Gasteiger partial charge in [0, 0.05) is 6.42 Å². The summed E-state index contributed by atoms with van der Waals surface area (Å²) in [6.45, 7) is 2.04. The van der Waals surface area contributed by atoms with Gasteiger partial charge >= 0.3 is 5.97 Å². The summed E-state index contributed by atoms with van der Waals surface area (Å²) in [6.07, 6.45) is 2.62. The average molecular weight is 226 g/mol. The first-order valence-corrected chi connectivity index (χ1v) is 5.70. The van der Waals surface area contributed by atoms with E-state index in [9.17, 15) is 14.7 Å². The number of hydrogen-bond donors (Lipinski definition) is 1. The monoisotopic (exact) mass is 226 g/mol. The minimum Gasteiger partial charge on any atom is -0.469 e. The van der Waals surface area contributed by atoms with Gasteiger partial charge in [-0.05, 0) is 24.7 Å². The van der Waals surface area contributed by atoms with E-state index in [1.54, 1.807) is 0 Å². The van der Waals surface area contributed by atoms with Crippen molar-refractivity contribution in [3.63, 3.8) is 0 Å². The molecule has 0 amide bonds. The molecule has 0 aromatic rings. The van der Waals surface area contributed by atoms with Crippen LogP contribution in [0.25, 0.3) is 0 Å². The number of ether oxygens (including phenoxy) is 1. The third-order valence-electron chi connectivity index (χ3n) is 4.13. The second kappa shape index (κ2) is 3.55. The molecular formula is C12H18O4. The van der Waals surface area contributed by atoms with Crippen LogP contribution in [0.5, 0.6) is 0 Å². The summed E-state index contributed by atoms with van der Waals surface area (Å²) in [5.41, 5.74) is -1.03. The first kappa shape index (κ1) is 11.6. The second-order valence-electron chi connectivity index (χ2n) is 5.57. The SMILES string of the molecule is COC(=O)C[C@H]1C(=O)C[C@@]2(C)CC[C@@]1(O)C2. The highest BCUT2D eigenvalue weighted by Gasteiger charge is 2.56. The van der Waals surface area contributed by atoms with Crippen LogP contribution >= 0.6 is 0 Å². The van der Waals surface area contributed by atoms with Crippen molar-refractivity contribution in [3.8, 4) is 0 Å². The summed E-state index contributed by atoms with van der Waals surface area (Å²) in [5.74, 6) is -0.961. The molecule has 0 radical (unpaired) electrons. The minimum absolute atomic E-state index is 0.0131. The number of carbonyl (C=O) groups excluding carboxylic acids is 2. The molecule has 4 heteroatoms. The number of rotatable bonds is 2. The molecule has 4 nitrogen and oxygen atoms in total. The zero-order chi connectivity index (χ0) is 12.0. The Labute approximate surface area is 95.0 Å². The molecule has 3 atom stereocenters. The van der Waals surface area contributed by atoms with Crippen molar-refractivity contribution < 1.29 is 19.4 Å². The highest BCUT2D eigenvalue weighted by molar-refractivity contribution is 5.88. The van der Waals surface area contributed by atoms with Gasteiger partial charge < -0.3 is 9.84 Å². The Hall–Kier alpha value is -0.900. The fourth-order valence-electron chi connectivity index (χ4n) is 3.28. The first-order chi connectivity index (χ1) is 7.38. The predicted octanol–water partition coefficient (Wildman–Crippen LogP) is 1.06. The molecule has 2 rings (SSSR count). The van der Waals surface area contributed by atoms with Crippen molar-refractivity contribution in [2.24, 2.45) is 11.3 Å². The van der Waals surface area contributed by atoms with E-state index in [0.29, 0.717) is 19.3 Å². The van der Waals surface area contributed by atoms with Gasteiger partial charge in [-0.15, -0.1) is 0 Å². The molecular weight excluding hydrogens is 208 g/mol. The van der Waals surface area contributed by atoms with Gasteiger partial charge in [0.2, 0.25) is 0 Å². The molecule has 2 fully saturated rings. The molecule has 0 spiro atoms. The van der Waals surface area contributed by atoms with Crippen LogP contribution in [0.2, 0.25) is 0 Å². The Morgan fingerprint density at radius 3 is 2.88 bits per heavy atom. The number of esters is 1. The Kier molecular flexibility index (Phi) is 2.57. The lowest BCUT2D eigenvalue weighted by Crippen LogP contribution is -2.47. The third kappa shape index (κ3) is 1.75. The highest BCUT2D eigenvalue weighted by atomic mass is 16.5. The number of hydrogen-bond acceptors (Lipinski definition) is 4. The van der Waals surface area contributed by atoms with Crippen LogP contribution in [-0.2, 0) is 14.3 Å². The minimum atomic E-state index is -0.974. The molecule has 0 aliphatic heterocycles. The van der Waals surface area contributed by atoms with Crippen LogP contribution in [-0.4, -0.2) is 29.6 Å². The summed E-state index contributed by atoms with van der Waals surface area (Å²) in [5, 5.41) is 10.4. The van der Waals surface area contributed by atoms with E-state index in [0.717, 1.165) is 6.42 Å². The molecule has 1 N–H and O–H groups in total. The molecule has 0 aromatic carbocycles. The largest absolute Gasteiger partial charge is 0.469 e. The summed E-state index contributed by atoms with van der Waals surface area (Å²) in [4.78, 5) is 23.2. The maximum atomic E-state index is 11.9. The van der Waals surface area contributed by atoms with Crippen molar-refractivity contribution in [2.45, 2.75) is 44.6 Å². The standard InChI is InChI=1S/C12H18O4/c1-11-3-4-12(15,7-11)8(9(13)6-11)5-10(14)16-2/h8,15H,3-7H2,1-2H3/t8-,11+,12+/m0/s1. The summed E-state index contributed by atoms with van der Waals surface area (Å²) >= 11 is 0. The van der Waals surface area contributed by atoms with E-state index in [-0.39, 0.29) is 17.6 Å². The zero-order valence-corrected chi connectivity index (χ0v) is 9.78. The van der Waals surface area contributed by atoms with Crippen molar-refractivity contribution in [1.82, 2.24) is 0 Å². The number of methoxy groups -OCH3 is 1. The number of ketones is 1.